The van der Waals surface area contributed by atoms with Gasteiger partial charge < -0.3 is 4.98 Å². The van der Waals surface area contributed by atoms with Gasteiger partial charge in [0.25, 0.3) is 0 Å². The van der Waals surface area contributed by atoms with Crippen LogP contribution in [0, 0.1) is 37.2 Å². The second kappa shape index (κ2) is 4.13. The monoisotopic (exact) mass is 384 g/mol. The number of halogens is 3. The largest absolute Gasteiger partial charge is 0.385 e. The summed E-state index contributed by atoms with van der Waals surface area (Å²) in [4.78, 5) is 3.09. The molecule has 0 aliphatic carbocycles. The third-order valence-corrected chi connectivity index (χ3v) is 0.895. The van der Waals surface area contributed by atoms with E-state index in [1.54, 1.807) is 0 Å². The van der Waals surface area contributed by atoms with Crippen LogP contribution in [0.25, 0.3) is 0 Å². The summed E-state index contributed by atoms with van der Waals surface area (Å²) >= 11 is 0. The van der Waals surface area contributed by atoms with Crippen LogP contribution in [0.1, 0.15) is 5.69 Å². The summed E-state index contributed by atoms with van der Waals surface area (Å²) in [6.45, 7) is 0. The van der Waals surface area contributed by atoms with Crippen LogP contribution in [-0.2, 0) is 6.18 Å². The Balaban J connectivity index is 0.000001000. The third kappa shape index (κ3) is 3.26. The molecule has 5 heteroatoms. The van der Waals surface area contributed by atoms with Gasteiger partial charge in [0.2, 0.25) is 0 Å². The maximum Gasteiger partial charge on any atom is 0.385 e. The molecular weight excluding hydrogens is 381 g/mol. The Kier molecular flexibility index (Phi) is 4.12. The van der Waals surface area contributed by atoms with E-state index in [-0.39, 0.29) is 31.1 Å². The zero-order chi connectivity index (χ0) is 7.61. The first kappa shape index (κ1) is 11.0. The molecule has 1 rings (SSSR count). The van der Waals surface area contributed by atoms with Gasteiger partial charge in [-0.15, -0.1) is 6.07 Å². The van der Waals surface area contributed by atoms with E-state index in [4.69, 9.17) is 0 Å². The zero-order valence-corrected chi connectivity index (χ0v) is 9.48. The Morgan fingerprint density at radius 3 is 2.27 bits per heavy atom. The van der Waals surface area contributed by atoms with Crippen LogP contribution >= 0.6 is 0 Å². The van der Waals surface area contributed by atoms with Crippen molar-refractivity contribution in [2.45, 2.75) is 6.18 Å². The van der Waals surface area contributed by atoms with Crippen LogP contribution in [0.2, 0.25) is 0 Å². The summed E-state index contributed by atoms with van der Waals surface area (Å²) in [5.74, 6) is 0. The molecule has 0 radical (unpaired) electrons. The minimum Gasteiger partial charge on any atom is -0.379 e. The molecule has 1 heterocycles. The average molecular weight is 384 g/mol. The fourth-order valence-corrected chi connectivity index (χ4v) is 0.480. The van der Waals surface area contributed by atoms with Gasteiger partial charge in [-0.2, -0.15) is 25.3 Å². The molecule has 0 fully saturated rings. The van der Waals surface area contributed by atoms with Crippen molar-refractivity contribution in [3.05, 3.63) is 30.1 Å². The van der Waals surface area contributed by atoms with Gasteiger partial charge in [-0.25, -0.2) is 0 Å². The molecule has 0 atom stereocenters. The van der Waals surface area contributed by atoms with Gasteiger partial charge >= 0.3 is 6.18 Å². The van der Waals surface area contributed by atoms with Crippen molar-refractivity contribution in [2.75, 3.05) is 0 Å². The summed E-state index contributed by atoms with van der Waals surface area (Å²) in [6.07, 6.45) is -3.29. The van der Waals surface area contributed by atoms with Crippen LogP contribution in [0.4, 0.5) is 13.2 Å². The third-order valence-electron chi connectivity index (χ3n) is 0.895. The minimum atomic E-state index is -4.35. The van der Waals surface area contributed by atoms with Gasteiger partial charge in [0.15, 0.2) is 0 Å². The number of hydrogen-bond donors (Lipinski definition) is 0. The smallest absolute Gasteiger partial charge is 0.379 e. The zero-order valence-electron chi connectivity index (χ0n) is 5.31. The maximum absolute atomic E-state index is 11.7. The molecule has 0 aliphatic rings. The van der Waals surface area contributed by atoms with Crippen molar-refractivity contribution < 1.29 is 44.3 Å². The number of rotatable bonds is 0. The molecule has 1 nitrogen and oxygen atoms in total. The first-order valence-corrected chi connectivity index (χ1v) is 2.50. The fraction of sp³-hybridized carbons (Fsp3) is 0.167. The van der Waals surface area contributed by atoms with Crippen molar-refractivity contribution in [3.63, 3.8) is 0 Å². The molecule has 0 saturated heterocycles. The molecule has 0 saturated carbocycles. The van der Waals surface area contributed by atoms with E-state index in [1.165, 1.54) is 6.07 Å². The van der Waals surface area contributed by atoms with E-state index >= 15 is 0 Å². The molecule has 58 valence electrons. The molecule has 0 spiro atoms. The topological polar surface area (TPSA) is 12.9 Å². The van der Waals surface area contributed by atoms with Crippen LogP contribution in [-0.4, -0.2) is 4.98 Å². The van der Waals surface area contributed by atoms with Crippen LogP contribution in [0.5, 0.6) is 0 Å². The quantitative estimate of drug-likeness (QED) is 0.623. The predicted molar refractivity (Wildman–Crippen MR) is 28.1 cm³/mol. The Morgan fingerprint density at radius 1 is 1.36 bits per heavy atom. The number of nitrogens with zero attached hydrogens (tertiary/aromatic N) is 1. The van der Waals surface area contributed by atoms with Crippen molar-refractivity contribution in [2.24, 2.45) is 0 Å². The average Bonchev–Trinajstić information content (AvgIpc) is 1.88. The molecule has 1 aromatic rings. The Hall–Kier alpha value is -0.00805. The van der Waals surface area contributed by atoms with Crippen molar-refractivity contribution in [1.82, 2.24) is 4.98 Å². The molecule has 0 amide bonds. The molecule has 1 aromatic heterocycles. The van der Waals surface area contributed by atoms with E-state index in [2.05, 4.69) is 11.1 Å². The van der Waals surface area contributed by atoms with Gasteiger partial charge in [0.1, 0.15) is 0 Å². The first-order valence-electron chi connectivity index (χ1n) is 2.50. The number of aromatic nitrogens is 1. The van der Waals surface area contributed by atoms with E-state index < -0.39 is 11.9 Å². The Bertz CT molecular complexity index is 209. The normalized spacial score (nSPS) is 10.5. The van der Waals surface area contributed by atoms with E-state index in [0.29, 0.717) is 0 Å². The van der Waals surface area contributed by atoms with Crippen molar-refractivity contribution >= 4 is 0 Å². The van der Waals surface area contributed by atoms with E-state index in [1.807, 2.05) is 0 Å². The predicted octanol–water partition coefficient (Wildman–Crippen LogP) is 1.90. The van der Waals surface area contributed by atoms with Crippen molar-refractivity contribution in [1.29, 1.82) is 0 Å². The molecule has 0 aliphatic heterocycles. The minimum absolute atomic E-state index is 0. The van der Waals surface area contributed by atoms with E-state index in [9.17, 15) is 13.2 Å². The summed E-state index contributed by atoms with van der Waals surface area (Å²) in [5, 5.41) is 0. The standard InChI is InChI=1S/C6H3F3N.U/c7-6(8,9)5-3-1-2-4-10-5;/h2-4H;/q-1;. The molecule has 11 heavy (non-hydrogen) atoms. The fourth-order valence-electron chi connectivity index (χ4n) is 0.480. The van der Waals surface area contributed by atoms with Crippen LogP contribution in [0.15, 0.2) is 18.3 Å². The summed E-state index contributed by atoms with van der Waals surface area (Å²) in [6, 6.07) is 4.41. The van der Waals surface area contributed by atoms with E-state index in [0.717, 1.165) is 12.3 Å². The maximum atomic E-state index is 11.7. The number of alkyl halides is 3. The molecule has 0 unspecified atom stereocenters. The molecular formula is C6H3F3NU-. The second-order valence-corrected chi connectivity index (χ2v) is 1.64. The second-order valence-electron chi connectivity index (χ2n) is 1.64. The Labute approximate surface area is 85.4 Å². The molecule has 0 bridgehead atoms. The van der Waals surface area contributed by atoms with Gasteiger partial charge in [-0.3, -0.25) is 0 Å². The molecule has 0 N–H and O–H groups in total. The van der Waals surface area contributed by atoms with Crippen molar-refractivity contribution in [3.8, 4) is 0 Å². The first-order chi connectivity index (χ1) is 4.61. The van der Waals surface area contributed by atoms with Gasteiger partial charge in [-0.1, -0.05) is 6.20 Å². The summed E-state index contributed by atoms with van der Waals surface area (Å²) < 4.78 is 35.1. The van der Waals surface area contributed by atoms with Gasteiger partial charge in [0, 0.05) is 36.8 Å². The molecule has 0 aromatic carbocycles. The van der Waals surface area contributed by atoms with Gasteiger partial charge in [-0.05, 0) is 0 Å². The van der Waals surface area contributed by atoms with Crippen LogP contribution < -0.4 is 0 Å². The summed E-state index contributed by atoms with van der Waals surface area (Å²) in [5.41, 5.74) is -0.907. The number of hydrogen-bond acceptors (Lipinski definition) is 1. The van der Waals surface area contributed by atoms with Gasteiger partial charge in [0.05, 0.1) is 0 Å². The van der Waals surface area contributed by atoms with Crippen LogP contribution in [0.3, 0.4) is 0 Å². The Morgan fingerprint density at radius 2 is 2.00 bits per heavy atom. The summed E-state index contributed by atoms with van der Waals surface area (Å²) in [7, 11) is 0. The SMILES string of the molecule is FC(F)(F)c1c[c-]ccn1.[U]. The number of pyridine rings is 1.